The summed E-state index contributed by atoms with van der Waals surface area (Å²) in [5.41, 5.74) is 9.59. The molecule has 1 unspecified atom stereocenters. The van der Waals surface area contributed by atoms with Crippen LogP contribution in [0.2, 0.25) is 5.02 Å². The predicted molar refractivity (Wildman–Crippen MR) is 202 cm³/mol. The number of nitrogens with two attached hydrogens (primary N) is 1. The van der Waals surface area contributed by atoms with Gasteiger partial charge in [0.05, 0.1) is 22.8 Å². The van der Waals surface area contributed by atoms with Crippen molar-refractivity contribution >= 4 is 45.3 Å². The summed E-state index contributed by atoms with van der Waals surface area (Å²) in [6.45, 7) is 1.79. The molecule has 0 radical (unpaired) electrons. The number of phenolic OH excluding ortho intramolecular Hbond substituents is 1. The number of phenols is 1. The lowest BCUT2D eigenvalue weighted by Gasteiger charge is -2.20. The Morgan fingerprint density at radius 2 is 1.85 bits per heavy atom. The fraction of sp³-hybridized carbons (Fsp3) is 0.282. The number of likely N-dealkylation sites (N-methyl/N-ethyl adjacent to an activating group) is 1. The van der Waals surface area contributed by atoms with Crippen LogP contribution in [0.25, 0.3) is 33.2 Å². The zero-order valence-electron chi connectivity index (χ0n) is 29.0. The lowest BCUT2D eigenvalue weighted by atomic mass is 10.1. The molecule has 3 N–H and O–H groups in total. The summed E-state index contributed by atoms with van der Waals surface area (Å²) in [5, 5.41) is 16.2. The van der Waals surface area contributed by atoms with Crippen molar-refractivity contribution in [3.8, 4) is 28.8 Å². The Morgan fingerprint density at radius 3 is 2.62 bits per heavy atom. The molecular formula is C39H38ClN9O3. The first-order chi connectivity index (χ1) is 25.2. The number of benzene rings is 3. The van der Waals surface area contributed by atoms with Gasteiger partial charge in [0.1, 0.15) is 36.0 Å². The second kappa shape index (κ2) is 14.8. The Kier molecular flexibility index (Phi) is 9.89. The van der Waals surface area contributed by atoms with Crippen molar-refractivity contribution in [1.29, 1.82) is 0 Å². The van der Waals surface area contributed by atoms with E-state index in [-0.39, 0.29) is 36.1 Å². The van der Waals surface area contributed by atoms with E-state index in [2.05, 4.69) is 26.7 Å². The fourth-order valence-corrected chi connectivity index (χ4v) is 6.82. The quantitative estimate of drug-likeness (QED) is 0.157. The summed E-state index contributed by atoms with van der Waals surface area (Å²) in [7, 11) is 4.10. The Hall–Kier alpha value is -5.77. The van der Waals surface area contributed by atoms with Gasteiger partial charge >= 0.3 is 0 Å². The van der Waals surface area contributed by atoms with Gasteiger partial charge in [-0.1, -0.05) is 47.7 Å². The summed E-state index contributed by atoms with van der Waals surface area (Å²) >= 11 is 6.60. The van der Waals surface area contributed by atoms with Crippen molar-refractivity contribution in [2.24, 2.45) is 0 Å². The van der Waals surface area contributed by atoms with E-state index in [0.29, 0.717) is 74.9 Å². The van der Waals surface area contributed by atoms with E-state index < -0.39 is 0 Å². The maximum absolute atomic E-state index is 14.5. The van der Waals surface area contributed by atoms with Gasteiger partial charge in [0.2, 0.25) is 5.91 Å². The van der Waals surface area contributed by atoms with Crippen molar-refractivity contribution in [3.05, 3.63) is 105 Å². The maximum atomic E-state index is 14.5. The standard InChI is InChI=1S/C39H38ClN9O3/c1-46(2)28-19-20-47(22-28)33(51)14-5-3-4-9-25-11-8-13-31-34(25)39(52)48(21-27-10-6-7-12-30(27)40)32(44-31)23-49-38-35(37(41)42-24-43-38)36(45-49)26-15-17-29(50)18-16-26/h6-8,10-13,15-18,24,28,50H,3,5,14,19-23H2,1-2H3,(H2,41,42,43). The highest BCUT2D eigenvalue weighted by molar-refractivity contribution is 6.31. The molecule has 1 fully saturated rings. The van der Waals surface area contributed by atoms with E-state index in [1.165, 1.54) is 6.33 Å². The topological polar surface area (TPSA) is 148 Å². The molecule has 1 amide bonds. The van der Waals surface area contributed by atoms with Crippen LogP contribution in [0.3, 0.4) is 0 Å². The molecule has 0 aliphatic carbocycles. The van der Waals surface area contributed by atoms with Crippen molar-refractivity contribution in [2.45, 2.75) is 44.8 Å². The highest BCUT2D eigenvalue weighted by Gasteiger charge is 2.27. The van der Waals surface area contributed by atoms with Crippen LogP contribution in [0.5, 0.6) is 5.75 Å². The van der Waals surface area contributed by atoms with Crippen LogP contribution < -0.4 is 11.3 Å². The van der Waals surface area contributed by atoms with Crippen LogP contribution in [0.4, 0.5) is 5.82 Å². The van der Waals surface area contributed by atoms with E-state index in [0.717, 1.165) is 25.1 Å². The molecule has 1 atom stereocenters. The molecule has 1 aliphatic rings. The number of aromatic hydroxyl groups is 1. The summed E-state index contributed by atoms with van der Waals surface area (Å²) in [5.74, 6) is 7.34. The molecule has 0 spiro atoms. The van der Waals surface area contributed by atoms with Crippen LogP contribution in [0.15, 0.2) is 77.9 Å². The number of nitrogen functional groups attached to an aromatic ring is 1. The molecule has 264 valence electrons. The molecule has 3 aromatic carbocycles. The van der Waals surface area contributed by atoms with Crippen LogP contribution in [-0.2, 0) is 17.9 Å². The van der Waals surface area contributed by atoms with Crippen molar-refractivity contribution < 1.29 is 9.90 Å². The number of rotatable bonds is 9. The Morgan fingerprint density at radius 1 is 1.04 bits per heavy atom. The van der Waals surface area contributed by atoms with Gasteiger partial charge in [-0.3, -0.25) is 14.2 Å². The lowest BCUT2D eigenvalue weighted by molar-refractivity contribution is -0.130. The normalized spacial score (nSPS) is 14.3. The molecule has 4 heterocycles. The number of unbranched alkanes of at least 4 members (excludes halogenated alkanes) is 1. The number of likely N-dealkylation sites (tertiary alicyclic amines) is 1. The molecule has 1 saturated heterocycles. The third-order valence-electron chi connectivity index (χ3n) is 9.50. The number of hydrogen-bond donors (Lipinski definition) is 2. The summed E-state index contributed by atoms with van der Waals surface area (Å²) in [4.78, 5) is 45.1. The second-order valence-corrected chi connectivity index (χ2v) is 13.5. The third-order valence-corrected chi connectivity index (χ3v) is 9.87. The van der Waals surface area contributed by atoms with Crippen LogP contribution in [-0.4, -0.2) is 83.3 Å². The average Bonchev–Trinajstić information content (AvgIpc) is 3.78. The van der Waals surface area contributed by atoms with Gasteiger partial charge < -0.3 is 20.6 Å². The highest BCUT2D eigenvalue weighted by Crippen LogP contribution is 2.31. The predicted octanol–water partition coefficient (Wildman–Crippen LogP) is 4.93. The van der Waals surface area contributed by atoms with E-state index in [1.807, 2.05) is 49.3 Å². The molecule has 0 saturated carbocycles. The summed E-state index contributed by atoms with van der Waals surface area (Å²) in [6.07, 6.45) is 3.96. The summed E-state index contributed by atoms with van der Waals surface area (Å²) in [6, 6.07) is 19.8. The monoisotopic (exact) mass is 715 g/mol. The maximum Gasteiger partial charge on any atom is 0.263 e. The molecule has 0 bridgehead atoms. The molecule has 6 aromatic rings. The number of anilines is 1. The minimum atomic E-state index is -0.270. The molecule has 7 rings (SSSR count). The molecule has 1 aliphatic heterocycles. The first-order valence-electron chi connectivity index (χ1n) is 17.1. The number of hydrogen-bond acceptors (Lipinski definition) is 9. The fourth-order valence-electron chi connectivity index (χ4n) is 6.62. The molecule has 12 nitrogen and oxygen atoms in total. The van der Waals surface area contributed by atoms with Crippen molar-refractivity contribution in [1.82, 2.24) is 39.1 Å². The van der Waals surface area contributed by atoms with Gasteiger partial charge in [-0.25, -0.2) is 19.6 Å². The first kappa shape index (κ1) is 34.7. The largest absolute Gasteiger partial charge is 0.508 e. The van der Waals surface area contributed by atoms with Crippen molar-refractivity contribution in [2.75, 3.05) is 32.9 Å². The number of carbonyl (C=O) groups excluding carboxylic acids is 1. The Labute approximate surface area is 305 Å². The number of fused-ring (bicyclic) bond motifs is 2. The van der Waals surface area contributed by atoms with Gasteiger partial charge in [0.15, 0.2) is 5.65 Å². The van der Waals surface area contributed by atoms with Gasteiger partial charge in [-0.2, -0.15) is 5.10 Å². The highest BCUT2D eigenvalue weighted by atomic mass is 35.5. The number of halogens is 1. The van der Waals surface area contributed by atoms with Crippen molar-refractivity contribution in [3.63, 3.8) is 0 Å². The smallest absolute Gasteiger partial charge is 0.263 e. The van der Waals surface area contributed by atoms with Crippen LogP contribution in [0, 0.1) is 11.8 Å². The average molecular weight is 716 g/mol. The second-order valence-electron chi connectivity index (χ2n) is 13.1. The SMILES string of the molecule is CN(C)C1CCN(C(=O)CCCC#Cc2cccc3nc(Cn4nc(-c5ccc(O)cc5)c5c(N)ncnc54)n(Cc4ccccc4Cl)c(=O)c23)C1. The van der Waals surface area contributed by atoms with Gasteiger partial charge in [-0.05, 0) is 75.0 Å². The third kappa shape index (κ3) is 7.06. The van der Waals surface area contributed by atoms with E-state index in [4.69, 9.17) is 27.4 Å². The Bertz CT molecular complexity index is 2410. The molecule has 52 heavy (non-hydrogen) atoms. The van der Waals surface area contributed by atoms with Crippen LogP contribution in [0.1, 0.15) is 42.6 Å². The first-order valence-corrected chi connectivity index (χ1v) is 17.5. The minimum absolute atomic E-state index is 0.0803. The van der Waals surface area contributed by atoms with E-state index in [1.54, 1.807) is 45.6 Å². The number of nitrogens with zero attached hydrogens (tertiary/aromatic N) is 8. The number of amides is 1. The van der Waals surface area contributed by atoms with Crippen LogP contribution >= 0.6 is 11.6 Å². The molecular weight excluding hydrogens is 678 g/mol. The van der Waals surface area contributed by atoms with E-state index >= 15 is 0 Å². The lowest BCUT2D eigenvalue weighted by Crippen LogP contribution is -2.34. The van der Waals surface area contributed by atoms with E-state index in [9.17, 15) is 14.7 Å². The summed E-state index contributed by atoms with van der Waals surface area (Å²) < 4.78 is 3.25. The Balaban J connectivity index is 1.23. The minimum Gasteiger partial charge on any atom is -0.508 e. The van der Waals surface area contributed by atoms with Gasteiger partial charge in [-0.15, -0.1) is 0 Å². The van der Waals surface area contributed by atoms with Gasteiger partial charge in [0.25, 0.3) is 5.56 Å². The molecule has 3 aromatic heterocycles. The number of carbonyl (C=O) groups is 1. The zero-order valence-corrected chi connectivity index (χ0v) is 29.7. The number of aromatic nitrogens is 6. The zero-order chi connectivity index (χ0) is 36.4. The molecule has 13 heteroatoms. The van der Waals surface area contributed by atoms with Gasteiger partial charge in [0, 0.05) is 48.1 Å².